The zero-order chi connectivity index (χ0) is 27.6. The topological polar surface area (TPSA) is 107 Å². The van der Waals surface area contributed by atoms with Gasteiger partial charge in [-0.15, -0.1) is 0 Å². The molecule has 0 fully saturated rings. The quantitative estimate of drug-likeness (QED) is 0.431. The highest BCUT2D eigenvalue weighted by molar-refractivity contribution is 6.17. The first kappa shape index (κ1) is 27.0. The number of carbonyl (C=O) groups is 3. The van der Waals surface area contributed by atoms with Crippen molar-refractivity contribution in [2.75, 3.05) is 13.2 Å². The Morgan fingerprint density at radius 1 is 1.13 bits per heavy atom. The van der Waals surface area contributed by atoms with Gasteiger partial charge in [0.05, 0.1) is 18.2 Å². The van der Waals surface area contributed by atoms with Crippen LogP contribution in [-0.2, 0) is 16.0 Å². The Kier molecular flexibility index (Phi) is 7.61. The van der Waals surface area contributed by atoms with Crippen LogP contribution < -0.4 is 15.4 Å². The molecule has 200 valence electrons. The highest BCUT2D eigenvalue weighted by Gasteiger charge is 2.32. The Morgan fingerprint density at radius 3 is 2.61 bits per heavy atom. The number of hydrogen-bond donors (Lipinski definition) is 2. The zero-order valence-corrected chi connectivity index (χ0v) is 21.6. The van der Waals surface area contributed by atoms with Gasteiger partial charge in [-0.1, -0.05) is 12.1 Å². The molecule has 38 heavy (non-hydrogen) atoms. The van der Waals surface area contributed by atoms with Crippen LogP contribution in [0.4, 0.5) is 13.6 Å². The minimum atomic E-state index is -1.02. The number of ether oxygens (including phenoxy) is 2. The molecule has 1 aliphatic carbocycles. The number of halogens is 2. The molecule has 1 aromatic heterocycles. The van der Waals surface area contributed by atoms with Crippen molar-refractivity contribution in [3.63, 3.8) is 0 Å². The van der Waals surface area contributed by atoms with Gasteiger partial charge in [-0.2, -0.15) is 0 Å². The van der Waals surface area contributed by atoms with Gasteiger partial charge in [0, 0.05) is 17.1 Å². The molecular formula is C28H29F2N3O5. The first-order chi connectivity index (χ1) is 18.0. The lowest BCUT2D eigenvalue weighted by molar-refractivity contribution is -0.121. The summed E-state index contributed by atoms with van der Waals surface area (Å²) in [5.74, 6) is -2.96. The number of nitrogens with one attached hydrogen (secondary N) is 2. The molecule has 10 heteroatoms. The minimum Gasteiger partial charge on any atom is -0.478 e. The van der Waals surface area contributed by atoms with Crippen molar-refractivity contribution in [2.45, 2.75) is 52.2 Å². The van der Waals surface area contributed by atoms with Crippen molar-refractivity contribution in [1.82, 2.24) is 15.6 Å². The molecule has 1 aliphatic rings. The summed E-state index contributed by atoms with van der Waals surface area (Å²) < 4.78 is 41.5. The predicted molar refractivity (Wildman–Crippen MR) is 136 cm³/mol. The van der Waals surface area contributed by atoms with Crippen molar-refractivity contribution in [1.29, 1.82) is 0 Å². The van der Waals surface area contributed by atoms with E-state index in [-0.39, 0.29) is 29.7 Å². The molecule has 2 amide bonds. The molecular weight excluding hydrogens is 496 g/mol. The van der Waals surface area contributed by atoms with Gasteiger partial charge in [0.25, 0.3) is 0 Å². The molecule has 0 spiro atoms. The molecule has 1 unspecified atom stereocenters. The fourth-order valence-electron chi connectivity index (χ4n) is 4.52. The number of aromatic nitrogens is 1. The molecule has 2 N–H and O–H groups in total. The number of carbonyl (C=O) groups excluding carboxylic acids is 3. The van der Waals surface area contributed by atoms with Crippen LogP contribution in [-0.4, -0.2) is 41.5 Å². The van der Waals surface area contributed by atoms with E-state index in [2.05, 4.69) is 15.6 Å². The average molecular weight is 526 g/mol. The van der Waals surface area contributed by atoms with Crippen LogP contribution in [0.5, 0.6) is 5.88 Å². The Hall–Kier alpha value is -4.08. The molecule has 4 rings (SSSR count). The second kappa shape index (κ2) is 10.7. The normalized spacial score (nSPS) is 14.6. The summed E-state index contributed by atoms with van der Waals surface area (Å²) in [6, 6.07) is 6.88. The summed E-state index contributed by atoms with van der Waals surface area (Å²) in [5.41, 5.74) is -0.798. The van der Waals surface area contributed by atoms with Crippen LogP contribution in [0.3, 0.4) is 0 Å². The van der Waals surface area contributed by atoms with Crippen LogP contribution in [0.15, 0.2) is 36.5 Å². The van der Waals surface area contributed by atoms with Gasteiger partial charge in [0.15, 0.2) is 5.78 Å². The fraction of sp³-hybridized carbons (Fsp3) is 0.357. The summed E-state index contributed by atoms with van der Waals surface area (Å²) in [4.78, 5) is 41.7. The van der Waals surface area contributed by atoms with E-state index < -0.39 is 46.6 Å². The lowest BCUT2D eigenvalue weighted by atomic mass is 9.94. The lowest BCUT2D eigenvalue weighted by Crippen LogP contribution is -2.40. The van der Waals surface area contributed by atoms with Crippen LogP contribution in [0.2, 0.25) is 0 Å². The SMILES string of the molecule is CCOc1nccc2c(C(=O)c3c(F)cc4c(c3F)CCC4NC(=O)CNC(=O)OC(C)(C)C)cccc12. The third-order valence-corrected chi connectivity index (χ3v) is 6.06. The van der Waals surface area contributed by atoms with E-state index in [1.807, 2.05) is 0 Å². The first-order valence-electron chi connectivity index (χ1n) is 12.3. The van der Waals surface area contributed by atoms with E-state index >= 15 is 8.78 Å². The predicted octanol–water partition coefficient (Wildman–Crippen LogP) is 4.77. The second-order valence-corrected chi connectivity index (χ2v) is 9.91. The molecule has 8 nitrogen and oxygen atoms in total. The van der Waals surface area contributed by atoms with E-state index in [1.54, 1.807) is 45.9 Å². The first-order valence-corrected chi connectivity index (χ1v) is 12.3. The third kappa shape index (κ3) is 5.58. The molecule has 0 saturated carbocycles. The summed E-state index contributed by atoms with van der Waals surface area (Å²) in [6.07, 6.45) is 1.25. The molecule has 0 bridgehead atoms. The molecule has 0 saturated heterocycles. The highest BCUT2D eigenvalue weighted by Crippen LogP contribution is 2.37. The summed E-state index contributed by atoms with van der Waals surface area (Å²) in [5, 5.41) is 6.06. The highest BCUT2D eigenvalue weighted by atomic mass is 19.1. The van der Waals surface area contributed by atoms with Gasteiger partial charge < -0.3 is 20.1 Å². The zero-order valence-electron chi connectivity index (χ0n) is 21.6. The Labute approximate surface area is 218 Å². The molecule has 2 aromatic carbocycles. The number of benzene rings is 2. The average Bonchev–Trinajstić information content (AvgIpc) is 3.24. The number of hydrogen-bond acceptors (Lipinski definition) is 6. The van der Waals surface area contributed by atoms with Crippen LogP contribution in [0, 0.1) is 11.6 Å². The van der Waals surface area contributed by atoms with Gasteiger partial charge in [0.1, 0.15) is 23.8 Å². The Bertz CT molecular complexity index is 1420. The van der Waals surface area contributed by atoms with E-state index in [9.17, 15) is 14.4 Å². The van der Waals surface area contributed by atoms with E-state index in [1.165, 1.54) is 12.3 Å². The lowest BCUT2D eigenvalue weighted by Gasteiger charge is -2.20. The number of alkyl carbamates (subject to hydrolysis) is 1. The molecule has 0 radical (unpaired) electrons. The van der Waals surface area contributed by atoms with Crippen LogP contribution >= 0.6 is 0 Å². The largest absolute Gasteiger partial charge is 0.478 e. The van der Waals surface area contributed by atoms with Gasteiger partial charge in [-0.3, -0.25) is 9.59 Å². The third-order valence-electron chi connectivity index (χ3n) is 6.06. The maximum absolute atomic E-state index is 15.6. The van der Waals surface area contributed by atoms with Gasteiger partial charge in [0.2, 0.25) is 11.8 Å². The number of fused-ring (bicyclic) bond motifs is 2. The number of amides is 2. The van der Waals surface area contributed by atoms with E-state index in [0.717, 1.165) is 6.07 Å². The maximum atomic E-state index is 15.6. The van der Waals surface area contributed by atoms with Crippen molar-refractivity contribution >= 4 is 28.6 Å². The molecule has 3 aromatic rings. The Morgan fingerprint density at radius 2 is 1.89 bits per heavy atom. The maximum Gasteiger partial charge on any atom is 0.408 e. The van der Waals surface area contributed by atoms with Crippen molar-refractivity contribution in [3.05, 3.63) is 70.4 Å². The standard InChI is InChI=1S/C28H29F2N3O5/c1-5-37-26-18-8-6-7-17(15(18)11-12-31-26)25(35)23-20(29)13-19-16(24(23)30)9-10-21(19)33-22(34)14-32-27(36)38-28(2,3)4/h6-8,11-13,21H,5,9-10,14H2,1-4H3,(H,32,36)(H,33,34). The van der Waals surface area contributed by atoms with Crippen LogP contribution in [0.25, 0.3) is 10.8 Å². The number of pyridine rings is 1. The fourth-order valence-corrected chi connectivity index (χ4v) is 4.52. The Balaban J connectivity index is 1.56. The molecule has 1 atom stereocenters. The van der Waals surface area contributed by atoms with Crippen molar-refractivity contribution in [2.24, 2.45) is 0 Å². The smallest absolute Gasteiger partial charge is 0.408 e. The molecule has 0 aliphatic heterocycles. The molecule has 1 heterocycles. The van der Waals surface area contributed by atoms with Crippen molar-refractivity contribution in [3.8, 4) is 5.88 Å². The summed E-state index contributed by atoms with van der Waals surface area (Å²) >= 11 is 0. The second-order valence-electron chi connectivity index (χ2n) is 9.91. The van der Waals surface area contributed by atoms with Gasteiger partial charge in [-0.25, -0.2) is 18.6 Å². The monoisotopic (exact) mass is 525 g/mol. The van der Waals surface area contributed by atoms with E-state index in [4.69, 9.17) is 9.47 Å². The van der Waals surface area contributed by atoms with Crippen molar-refractivity contribution < 1.29 is 32.6 Å². The number of nitrogens with zero attached hydrogens (tertiary/aromatic N) is 1. The van der Waals surface area contributed by atoms with Crippen LogP contribution in [0.1, 0.15) is 67.2 Å². The van der Waals surface area contributed by atoms with E-state index in [0.29, 0.717) is 29.7 Å². The number of ketones is 1. The van der Waals surface area contributed by atoms with Gasteiger partial charge >= 0.3 is 6.09 Å². The summed E-state index contributed by atoms with van der Waals surface area (Å²) in [7, 11) is 0. The minimum absolute atomic E-state index is 0.125. The van der Waals surface area contributed by atoms with Gasteiger partial charge in [-0.05, 0) is 75.2 Å². The number of rotatable bonds is 7. The summed E-state index contributed by atoms with van der Waals surface area (Å²) in [6.45, 7) is 6.90.